The van der Waals surface area contributed by atoms with Crippen LogP contribution in [0.1, 0.15) is 26.5 Å². The molecule has 7 nitrogen and oxygen atoms in total. The Kier molecular flexibility index (Phi) is 6.14. The predicted octanol–water partition coefficient (Wildman–Crippen LogP) is 4.05. The Balaban J connectivity index is 1.51. The number of ether oxygens (including phenoxy) is 1. The van der Waals surface area contributed by atoms with Gasteiger partial charge in [0.05, 0.1) is 17.7 Å². The van der Waals surface area contributed by atoms with Crippen LogP contribution in [0.25, 0.3) is 11.3 Å². The molecule has 2 heterocycles. The van der Waals surface area contributed by atoms with Crippen LogP contribution in [0.5, 0.6) is 5.75 Å². The first-order valence-corrected chi connectivity index (χ1v) is 10.4. The summed E-state index contributed by atoms with van der Waals surface area (Å²) in [5.41, 5.74) is 0.798. The third kappa shape index (κ3) is 4.05. The quantitative estimate of drug-likeness (QED) is 0.590. The second kappa shape index (κ2) is 9.00. The topological polar surface area (TPSA) is 75.9 Å². The lowest BCUT2D eigenvalue weighted by Crippen LogP contribution is -2.50. The van der Waals surface area contributed by atoms with E-state index in [4.69, 9.17) is 20.9 Å². The van der Waals surface area contributed by atoms with Crippen molar-refractivity contribution in [3.05, 3.63) is 70.2 Å². The predicted molar refractivity (Wildman–Crippen MR) is 116 cm³/mol. The minimum atomic E-state index is -0.589. The van der Waals surface area contributed by atoms with E-state index in [0.717, 1.165) is 0 Å². The summed E-state index contributed by atoms with van der Waals surface area (Å²) in [6.45, 7) is 2.97. The zero-order valence-electron chi connectivity index (χ0n) is 17.6. The van der Waals surface area contributed by atoms with Crippen LogP contribution in [0.15, 0.2) is 47.0 Å². The molecule has 1 aliphatic heterocycles. The van der Waals surface area contributed by atoms with Crippen molar-refractivity contribution in [3.63, 3.8) is 0 Å². The van der Waals surface area contributed by atoms with Gasteiger partial charge in [0.2, 0.25) is 0 Å². The van der Waals surface area contributed by atoms with Gasteiger partial charge in [0, 0.05) is 31.7 Å². The number of carbonyl (C=O) groups excluding carboxylic acids is 2. The van der Waals surface area contributed by atoms with E-state index in [1.165, 1.54) is 18.2 Å². The molecule has 0 unspecified atom stereocenters. The molecule has 0 atom stereocenters. The van der Waals surface area contributed by atoms with Crippen molar-refractivity contribution >= 4 is 23.4 Å². The molecule has 0 N–H and O–H groups in total. The molecule has 0 bridgehead atoms. The standard InChI is InChI=1S/C23H21ClFN3O4/c1-14-19(21(26-32-14)20-17(24)7-4-8-18(20)25)23(30)28-11-9-27(10-12-28)22(29)15-5-3-6-16(13-15)31-2/h3-8,13H,9-12H2,1-2H3. The molecule has 1 aromatic heterocycles. The highest BCUT2D eigenvalue weighted by molar-refractivity contribution is 6.33. The van der Waals surface area contributed by atoms with Crippen LogP contribution < -0.4 is 4.74 Å². The molecule has 166 valence electrons. The maximum atomic E-state index is 14.4. The minimum absolute atomic E-state index is 0.0289. The number of carbonyl (C=O) groups is 2. The molecule has 3 aromatic rings. The summed E-state index contributed by atoms with van der Waals surface area (Å²) in [6, 6.07) is 11.2. The van der Waals surface area contributed by atoms with E-state index in [2.05, 4.69) is 5.16 Å². The molecule has 0 radical (unpaired) electrons. The maximum absolute atomic E-state index is 14.4. The van der Waals surface area contributed by atoms with Crippen molar-refractivity contribution in [2.24, 2.45) is 0 Å². The molecule has 2 amide bonds. The average Bonchev–Trinajstić information content (AvgIpc) is 3.19. The Hall–Kier alpha value is -3.39. The fourth-order valence-corrected chi connectivity index (χ4v) is 3.98. The molecule has 0 spiro atoms. The number of hydrogen-bond acceptors (Lipinski definition) is 5. The SMILES string of the molecule is COc1cccc(C(=O)N2CCN(C(=O)c3c(-c4c(F)cccc4Cl)noc3C)CC2)c1. The van der Waals surface area contributed by atoms with Crippen molar-refractivity contribution in [1.29, 1.82) is 0 Å². The number of amides is 2. The van der Waals surface area contributed by atoms with E-state index in [0.29, 0.717) is 37.5 Å². The van der Waals surface area contributed by atoms with E-state index in [9.17, 15) is 14.0 Å². The number of benzene rings is 2. The Bertz CT molecular complexity index is 1150. The number of halogens is 2. The number of rotatable bonds is 4. The fourth-order valence-electron chi connectivity index (χ4n) is 3.73. The van der Waals surface area contributed by atoms with Gasteiger partial charge in [-0.05, 0) is 37.3 Å². The van der Waals surface area contributed by atoms with Crippen LogP contribution in [0.2, 0.25) is 5.02 Å². The number of aromatic nitrogens is 1. The lowest BCUT2D eigenvalue weighted by atomic mass is 10.0. The third-order valence-electron chi connectivity index (χ3n) is 5.45. The molecular formula is C23H21ClFN3O4. The van der Waals surface area contributed by atoms with E-state index in [-0.39, 0.29) is 39.4 Å². The van der Waals surface area contributed by atoms with E-state index >= 15 is 0 Å². The molecule has 0 saturated carbocycles. The molecule has 9 heteroatoms. The number of hydrogen-bond donors (Lipinski definition) is 0. The highest BCUT2D eigenvalue weighted by Gasteiger charge is 2.31. The van der Waals surface area contributed by atoms with Crippen LogP contribution in [-0.4, -0.2) is 60.1 Å². The van der Waals surface area contributed by atoms with Crippen LogP contribution in [0, 0.1) is 12.7 Å². The highest BCUT2D eigenvalue weighted by atomic mass is 35.5. The van der Waals surface area contributed by atoms with E-state index in [1.807, 2.05) is 0 Å². The van der Waals surface area contributed by atoms with E-state index in [1.54, 1.807) is 48.1 Å². The molecular weight excluding hydrogens is 437 g/mol. The van der Waals surface area contributed by atoms with Crippen molar-refractivity contribution < 1.29 is 23.2 Å². The maximum Gasteiger partial charge on any atom is 0.259 e. The molecule has 1 aliphatic rings. The summed E-state index contributed by atoms with van der Waals surface area (Å²) >= 11 is 6.17. The lowest BCUT2D eigenvalue weighted by molar-refractivity contribution is 0.0534. The van der Waals surface area contributed by atoms with Gasteiger partial charge in [0.15, 0.2) is 0 Å². The molecule has 32 heavy (non-hydrogen) atoms. The second-order valence-corrected chi connectivity index (χ2v) is 7.78. The number of aryl methyl sites for hydroxylation is 1. The Labute approximate surface area is 189 Å². The number of piperazine rings is 1. The van der Waals surface area contributed by atoms with Gasteiger partial charge in [-0.15, -0.1) is 0 Å². The first kappa shape index (κ1) is 21.8. The first-order chi connectivity index (χ1) is 15.4. The van der Waals surface area contributed by atoms with Gasteiger partial charge in [-0.25, -0.2) is 4.39 Å². The summed E-state index contributed by atoms with van der Waals surface area (Å²) in [5, 5.41) is 4.04. The third-order valence-corrected chi connectivity index (χ3v) is 5.76. The zero-order chi connectivity index (χ0) is 22.8. The van der Waals surface area contributed by atoms with Crippen LogP contribution in [-0.2, 0) is 0 Å². The van der Waals surface area contributed by atoms with Gasteiger partial charge in [-0.1, -0.05) is 28.9 Å². The highest BCUT2D eigenvalue weighted by Crippen LogP contribution is 2.34. The van der Waals surface area contributed by atoms with Gasteiger partial charge < -0.3 is 19.1 Å². The molecule has 1 saturated heterocycles. The smallest absolute Gasteiger partial charge is 0.259 e. The summed E-state index contributed by atoms with van der Waals surface area (Å²) in [4.78, 5) is 29.4. The molecule has 0 aliphatic carbocycles. The van der Waals surface area contributed by atoms with Gasteiger partial charge >= 0.3 is 0 Å². The van der Waals surface area contributed by atoms with Crippen LogP contribution in [0.3, 0.4) is 0 Å². The van der Waals surface area contributed by atoms with Gasteiger partial charge in [-0.3, -0.25) is 9.59 Å². The normalized spacial score (nSPS) is 13.9. The second-order valence-electron chi connectivity index (χ2n) is 7.38. The Morgan fingerprint density at radius 2 is 1.72 bits per heavy atom. The largest absolute Gasteiger partial charge is 0.497 e. The van der Waals surface area contributed by atoms with Crippen molar-refractivity contribution in [2.45, 2.75) is 6.92 Å². The van der Waals surface area contributed by atoms with Crippen molar-refractivity contribution in [3.8, 4) is 17.0 Å². The fraction of sp³-hybridized carbons (Fsp3) is 0.261. The Morgan fingerprint density at radius 3 is 2.38 bits per heavy atom. The first-order valence-electron chi connectivity index (χ1n) is 10.0. The average molecular weight is 458 g/mol. The van der Waals surface area contributed by atoms with Crippen LogP contribution >= 0.6 is 11.6 Å². The number of nitrogens with zero attached hydrogens (tertiary/aromatic N) is 3. The summed E-state index contributed by atoms with van der Waals surface area (Å²) in [7, 11) is 1.55. The number of methoxy groups -OCH3 is 1. The van der Waals surface area contributed by atoms with Crippen molar-refractivity contribution in [1.82, 2.24) is 15.0 Å². The van der Waals surface area contributed by atoms with Gasteiger partial charge in [0.25, 0.3) is 11.8 Å². The van der Waals surface area contributed by atoms with Gasteiger partial charge in [-0.2, -0.15) is 0 Å². The molecule has 1 fully saturated rings. The van der Waals surface area contributed by atoms with Gasteiger partial charge in [0.1, 0.15) is 28.6 Å². The summed E-state index contributed by atoms with van der Waals surface area (Å²) < 4.78 is 24.8. The van der Waals surface area contributed by atoms with Crippen molar-refractivity contribution in [2.75, 3.05) is 33.3 Å². The lowest BCUT2D eigenvalue weighted by Gasteiger charge is -2.34. The molecule has 4 rings (SSSR count). The van der Waals surface area contributed by atoms with E-state index < -0.39 is 5.82 Å². The molecule has 2 aromatic carbocycles. The minimum Gasteiger partial charge on any atom is -0.497 e. The monoisotopic (exact) mass is 457 g/mol. The van der Waals surface area contributed by atoms with Crippen LogP contribution in [0.4, 0.5) is 4.39 Å². The summed E-state index contributed by atoms with van der Waals surface area (Å²) in [5.74, 6) is -0.178. The summed E-state index contributed by atoms with van der Waals surface area (Å²) in [6.07, 6.45) is 0. The zero-order valence-corrected chi connectivity index (χ0v) is 18.4. The Morgan fingerprint density at radius 1 is 1.06 bits per heavy atom.